The first-order valence-electron chi connectivity index (χ1n) is 4.17. The van der Waals surface area contributed by atoms with E-state index in [-0.39, 0.29) is 0 Å². The van der Waals surface area contributed by atoms with E-state index in [0.29, 0.717) is 0 Å². The molecule has 0 aliphatic carbocycles. The summed E-state index contributed by atoms with van der Waals surface area (Å²) in [4.78, 5) is 0. The first-order valence-corrected chi connectivity index (χ1v) is 4.17. The van der Waals surface area contributed by atoms with Crippen molar-refractivity contribution in [1.29, 1.82) is 0 Å². The highest BCUT2D eigenvalue weighted by Crippen LogP contribution is 2.21. The summed E-state index contributed by atoms with van der Waals surface area (Å²) in [5.41, 5.74) is 8.96. The molecule has 0 saturated heterocycles. The maximum Gasteiger partial charge on any atom is 0.0408 e. The van der Waals surface area contributed by atoms with Crippen LogP contribution >= 0.6 is 0 Å². The molecule has 0 saturated carbocycles. The molecular formula is C10H12N2. The highest BCUT2D eigenvalue weighted by atomic mass is 14.9. The van der Waals surface area contributed by atoms with E-state index in [9.17, 15) is 0 Å². The van der Waals surface area contributed by atoms with Gasteiger partial charge in [-0.25, -0.2) is 0 Å². The van der Waals surface area contributed by atoms with E-state index in [1.165, 1.54) is 5.70 Å². The van der Waals surface area contributed by atoms with Crippen LogP contribution in [0.5, 0.6) is 0 Å². The van der Waals surface area contributed by atoms with Gasteiger partial charge in [-0.1, -0.05) is 24.3 Å². The standard InChI is InChI=1S/C10H12N2/c11-9-5-2-1-4-8(9)10-6-3-7-12-10/h1-2,4-6,12H,3,7,11H2. The van der Waals surface area contributed by atoms with Gasteiger partial charge >= 0.3 is 0 Å². The zero-order chi connectivity index (χ0) is 8.39. The second-order valence-electron chi connectivity index (χ2n) is 2.92. The van der Waals surface area contributed by atoms with Gasteiger partial charge in [0, 0.05) is 23.5 Å². The molecule has 3 N–H and O–H groups in total. The topological polar surface area (TPSA) is 38.0 Å². The number of nitrogens with two attached hydrogens (primary N) is 1. The summed E-state index contributed by atoms with van der Waals surface area (Å²) < 4.78 is 0. The zero-order valence-corrected chi connectivity index (χ0v) is 6.88. The Kier molecular flexibility index (Phi) is 1.74. The average Bonchev–Trinajstić information content (AvgIpc) is 2.57. The Morgan fingerprint density at radius 2 is 2.08 bits per heavy atom. The smallest absolute Gasteiger partial charge is 0.0408 e. The summed E-state index contributed by atoms with van der Waals surface area (Å²) in [7, 11) is 0. The van der Waals surface area contributed by atoms with Gasteiger partial charge in [-0.05, 0) is 12.5 Å². The van der Waals surface area contributed by atoms with Crippen molar-refractivity contribution < 1.29 is 0 Å². The van der Waals surface area contributed by atoms with Crippen LogP contribution in [-0.2, 0) is 0 Å². The number of hydrogen-bond donors (Lipinski definition) is 2. The molecule has 2 nitrogen and oxygen atoms in total. The Morgan fingerprint density at radius 1 is 1.25 bits per heavy atom. The third-order valence-corrected chi connectivity index (χ3v) is 2.06. The van der Waals surface area contributed by atoms with Gasteiger partial charge in [0.25, 0.3) is 0 Å². The Morgan fingerprint density at radius 3 is 2.75 bits per heavy atom. The lowest BCUT2D eigenvalue weighted by atomic mass is 10.1. The maximum absolute atomic E-state index is 5.82. The van der Waals surface area contributed by atoms with Crippen molar-refractivity contribution in [3.8, 4) is 0 Å². The normalized spacial score (nSPS) is 15.5. The van der Waals surface area contributed by atoms with Crippen molar-refractivity contribution in [3.63, 3.8) is 0 Å². The molecule has 0 fully saturated rings. The summed E-state index contributed by atoms with van der Waals surface area (Å²) in [6.07, 6.45) is 3.29. The minimum atomic E-state index is 0.846. The number of hydrogen-bond acceptors (Lipinski definition) is 2. The van der Waals surface area contributed by atoms with Crippen LogP contribution in [0.1, 0.15) is 12.0 Å². The molecule has 12 heavy (non-hydrogen) atoms. The van der Waals surface area contributed by atoms with E-state index in [0.717, 1.165) is 24.2 Å². The molecule has 2 rings (SSSR count). The summed E-state index contributed by atoms with van der Waals surface area (Å²) in [6.45, 7) is 1.03. The van der Waals surface area contributed by atoms with E-state index in [4.69, 9.17) is 5.73 Å². The van der Waals surface area contributed by atoms with Gasteiger partial charge in [-0.3, -0.25) is 0 Å². The Labute approximate surface area is 72.1 Å². The predicted octanol–water partition coefficient (Wildman–Crippen LogP) is 1.60. The van der Waals surface area contributed by atoms with Crippen LogP contribution in [0.2, 0.25) is 0 Å². The molecule has 62 valence electrons. The minimum Gasteiger partial charge on any atom is -0.398 e. The van der Waals surface area contributed by atoms with Crippen molar-refractivity contribution in [2.45, 2.75) is 6.42 Å². The number of benzene rings is 1. The lowest BCUT2D eigenvalue weighted by molar-refractivity contribution is 0.928. The number of rotatable bonds is 1. The highest BCUT2D eigenvalue weighted by molar-refractivity contribution is 5.74. The molecule has 0 atom stereocenters. The zero-order valence-electron chi connectivity index (χ0n) is 6.88. The van der Waals surface area contributed by atoms with Crippen LogP contribution in [0.15, 0.2) is 30.3 Å². The fraction of sp³-hybridized carbons (Fsp3) is 0.200. The van der Waals surface area contributed by atoms with Gasteiger partial charge in [0.05, 0.1) is 0 Å². The second kappa shape index (κ2) is 2.89. The van der Waals surface area contributed by atoms with Gasteiger partial charge in [0.1, 0.15) is 0 Å². The van der Waals surface area contributed by atoms with Crippen LogP contribution in [0.25, 0.3) is 5.70 Å². The molecule has 0 bridgehead atoms. The minimum absolute atomic E-state index is 0.846. The molecule has 0 spiro atoms. The number of para-hydroxylation sites is 1. The van der Waals surface area contributed by atoms with Crippen molar-refractivity contribution in [2.75, 3.05) is 12.3 Å². The maximum atomic E-state index is 5.82. The molecule has 1 aliphatic heterocycles. The Balaban J connectivity index is 2.39. The van der Waals surface area contributed by atoms with E-state index < -0.39 is 0 Å². The third kappa shape index (κ3) is 1.16. The summed E-state index contributed by atoms with van der Waals surface area (Å²) >= 11 is 0. The Hall–Kier alpha value is -1.44. The van der Waals surface area contributed by atoms with Crippen molar-refractivity contribution in [3.05, 3.63) is 35.9 Å². The third-order valence-electron chi connectivity index (χ3n) is 2.06. The number of nitrogens with one attached hydrogen (secondary N) is 1. The Bertz CT molecular complexity index is 315. The van der Waals surface area contributed by atoms with Crippen LogP contribution in [-0.4, -0.2) is 6.54 Å². The summed E-state index contributed by atoms with van der Waals surface area (Å²) in [5.74, 6) is 0. The molecule has 0 amide bonds. The quantitative estimate of drug-likeness (QED) is 0.612. The molecule has 1 heterocycles. The van der Waals surface area contributed by atoms with E-state index in [2.05, 4.69) is 11.4 Å². The van der Waals surface area contributed by atoms with Gasteiger partial charge in [-0.2, -0.15) is 0 Å². The average molecular weight is 160 g/mol. The monoisotopic (exact) mass is 160 g/mol. The van der Waals surface area contributed by atoms with Crippen LogP contribution in [0, 0.1) is 0 Å². The molecule has 0 unspecified atom stereocenters. The fourth-order valence-corrected chi connectivity index (χ4v) is 1.44. The summed E-state index contributed by atoms with van der Waals surface area (Å²) in [6, 6.07) is 7.93. The van der Waals surface area contributed by atoms with Gasteiger partial charge < -0.3 is 11.1 Å². The molecule has 1 aromatic rings. The second-order valence-corrected chi connectivity index (χ2v) is 2.92. The molecule has 0 radical (unpaired) electrons. The number of anilines is 1. The molecule has 2 heteroatoms. The van der Waals surface area contributed by atoms with Gasteiger partial charge in [0.15, 0.2) is 0 Å². The predicted molar refractivity (Wildman–Crippen MR) is 51.5 cm³/mol. The van der Waals surface area contributed by atoms with Crippen molar-refractivity contribution >= 4 is 11.4 Å². The highest BCUT2D eigenvalue weighted by Gasteiger charge is 2.07. The van der Waals surface area contributed by atoms with E-state index in [1.807, 2.05) is 24.3 Å². The summed E-state index contributed by atoms with van der Waals surface area (Å²) in [5, 5.41) is 3.29. The first kappa shape index (κ1) is 7.22. The lowest BCUT2D eigenvalue weighted by Crippen LogP contribution is -2.07. The van der Waals surface area contributed by atoms with Gasteiger partial charge in [0.2, 0.25) is 0 Å². The molecule has 0 aromatic heterocycles. The lowest BCUT2D eigenvalue weighted by Gasteiger charge is -2.06. The first-order chi connectivity index (χ1) is 5.88. The van der Waals surface area contributed by atoms with E-state index >= 15 is 0 Å². The van der Waals surface area contributed by atoms with Crippen LogP contribution in [0.3, 0.4) is 0 Å². The number of nitrogen functional groups attached to an aromatic ring is 1. The van der Waals surface area contributed by atoms with Crippen LogP contribution < -0.4 is 11.1 Å². The van der Waals surface area contributed by atoms with E-state index in [1.54, 1.807) is 0 Å². The van der Waals surface area contributed by atoms with Gasteiger partial charge in [-0.15, -0.1) is 0 Å². The van der Waals surface area contributed by atoms with Crippen molar-refractivity contribution in [2.24, 2.45) is 0 Å². The van der Waals surface area contributed by atoms with Crippen LogP contribution in [0.4, 0.5) is 5.69 Å². The van der Waals surface area contributed by atoms with Crippen molar-refractivity contribution in [1.82, 2.24) is 5.32 Å². The molecule has 1 aliphatic rings. The molecular weight excluding hydrogens is 148 g/mol. The fourth-order valence-electron chi connectivity index (χ4n) is 1.44. The largest absolute Gasteiger partial charge is 0.398 e. The SMILES string of the molecule is Nc1ccccc1C1=CCCN1. The molecule has 1 aromatic carbocycles.